The first-order valence-corrected chi connectivity index (χ1v) is 15.8. The number of hydrogen-bond acceptors (Lipinski definition) is 7. The molecule has 1 aliphatic carbocycles. The van der Waals surface area contributed by atoms with Crippen LogP contribution in [0.5, 0.6) is 5.75 Å². The maximum absolute atomic E-state index is 15.5. The number of anilines is 3. The van der Waals surface area contributed by atoms with Crippen molar-refractivity contribution in [3.63, 3.8) is 0 Å². The van der Waals surface area contributed by atoms with Crippen molar-refractivity contribution in [2.45, 2.75) is 26.7 Å². The second-order valence-corrected chi connectivity index (χ2v) is 11.9. The highest BCUT2D eigenvalue weighted by Crippen LogP contribution is 2.47. The molecule has 0 spiro atoms. The van der Waals surface area contributed by atoms with Crippen LogP contribution in [0.4, 0.5) is 26.0 Å². The topological polar surface area (TPSA) is 99.2 Å². The lowest BCUT2D eigenvalue weighted by Gasteiger charge is -2.33. The third-order valence-electron chi connectivity index (χ3n) is 8.50. The number of amides is 2. The van der Waals surface area contributed by atoms with Gasteiger partial charge < -0.3 is 25.2 Å². The average Bonchev–Trinajstić information content (AvgIpc) is 3.91. The number of allylic oxidation sites excluding steroid dienone is 5. The highest BCUT2D eigenvalue weighted by molar-refractivity contribution is 6.16. The molecule has 250 valence electrons. The Kier molecular flexibility index (Phi) is 10.8. The van der Waals surface area contributed by atoms with E-state index in [1.54, 1.807) is 19.3 Å². The number of rotatable bonds is 11. The van der Waals surface area contributed by atoms with E-state index < -0.39 is 28.9 Å². The number of pyridine rings is 1. The first-order chi connectivity index (χ1) is 23.1. The maximum atomic E-state index is 15.5. The van der Waals surface area contributed by atoms with Gasteiger partial charge in [-0.3, -0.25) is 14.6 Å². The van der Waals surface area contributed by atoms with E-state index in [-0.39, 0.29) is 11.4 Å². The number of aliphatic imine (C=N–C) groups is 1. The van der Waals surface area contributed by atoms with Gasteiger partial charge >= 0.3 is 0 Å². The predicted octanol–water partition coefficient (Wildman–Crippen LogP) is 6.48. The summed E-state index contributed by atoms with van der Waals surface area (Å²) in [6.07, 6.45) is 9.68. The summed E-state index contributed by atoms with van der Waals surface area (Å²) in [6.45, 7) is 7.56. The van der Waals surface area contributed by atoms with Crippen molar-refractivity contribution in [3.8, 4) is 5.75 Å². The van der Waals surface area contributed by atoms with Crippen LogP contribution in [0, 0.1) is 17.0 Å². The largest absolute Gasteiger partial charge is 0.454 e. The molecule has 0 unspecified atom stereocenters. The number of carbonyl (C=O) groups is 2. The van der Waals surface area contributed by atoms with Gasteiger partial charge in [-0.1, -0.05) is 6.08 Å². The lowest BCUT2D eigenvalue weighted by molar-refractivity contribution is -0.131. The summed E-state index contributed by atoms with van der Waals surface area (Å²) >= 11 is 0. The molecule has 2 fully saturated rings. The third-order valence-corrected chi connectivity index (χ3v) is 8.50. The van der Waals surface area contributed by atoms with Crippen LogP contribution in [0.15, 0.2) is 95.3 Å². The normalized spacial score (nSPS) is 17.0. The molecular weight excluding hydrogens is 614 g/mol. The van der Waals surface area contributed by atoms with E-state index in [0.29, 0.717) is 29.9 Å². The number of carbonyl (C=O) groups excluding carboxylic acids is 2. The second-order valence-electron chi connectivity index (χ2n) is 11.9. The zero-order valence-corrected chi connectivity index (χ0v) is 27.6. The number of ether oxygens (including phenoxy) is 1. The number of piperazine rings is 1. The van der Waals surface area contributed by atoms with Crippen molar-refractivity contribution in [1.82, 2.24) is 9.88 Å². The zero-order valence-electron chi connectivity index (χ0n) is 27.6. The number of likely N-dealkylation sites (N-methyl/N-ethyl adjacent to an activating group) is 1. The predicted molar refractivity (Wildman–Crippen MR) is 186 cm³/mol. The lowest BCUT2D eigenvalue weighted by atomic mass is 10.0. The van der Waals surface area contributed by atoms with Crippen molar-refractivity contribution in [2.75, 3.05) is 55.8 Å². The van der Waals surface area contributed by atoms with E-state index in [0.717, 1.165) is 49.2 Å². The van der Waals surface area contributed by atoms with Crippen LogP contribution in [0.2, 0.25) is 0 Å². The summed E-state index contributed by atoms with van der Waals surface area (Å²) in [7, 11) is 3.77. The van der Waals surface area contributed by atoms with Crippen LogP contribution >= 0.6 is 0 Å². The van der Waals surface area contributed by atoms with Crippen molar-refractivity contribution in [1.29, 1.82) is 0 Å². The molecule has 0 radical (unpaired) electrons. The first-order valence-electron chi connectivity index (χ1n) is 15.8. The molecule has 9 nitrogen and oxygen atoms in total. The smallest absolute Gasteiger partial charge is 0.240 e. The summed E-state index contributed by atoms with van der Waals surface area (Å²) in [6, 6.07) is 13.4. The monoisotopic (exact) mass is 654 g/mol. The third kappa shape index (κ3) is 8.21. The van der Waals surface area contributed by atoms with Gasteiger partial charge in [0.05, 0.1) is 0 Å². The Morgan fingerprint density at radius 3 is 2.21 bits per heavy atom. The fraction of sp³-hybridized carbons (Fsp3) is 0.297. The van der Waals surface area contributed by atoms with Gasteiger partial charge in [0, 0.05) is 63.1 Å². The number of halogens is 2. The van der Waals surface area contributed by atoms with Gasteiger partial charge in [-0.05, 0) is 111 Å². The molecule has 2 aromatic carbocycles. The lowest BCUT2D eigenvalue weighted by Crippen LogP contribution is -2.44. The summed E-state index contributed by atoms with van der Waals surface area (Å²) in [5.74, 6) is -0.895. The van der Waals surface area contributed by atoms with Crippen LogP contribution in [0.1, 0.15) is 32.3 Å². The van der Waals surface area contributed by atoms with Gasteiger partial charge in [0.2, 0.25) is 11.8 Å². The van der Waals surface area contributed by atoms with E-state index >= 15 is 4.39 Å². The minimum Gasteiger partial charge on any atom is -0.454 e. The van der Waals surface area contributed by atoms with Gasteiger partial charge in [0.1, 0.15) is 22.8 Å². The van der Waals surface area contributed by atoms with Crippen LogP contribution in [-0.2, 0) is 9.59 Å². The first kappa shape index (κ1) is 34.2. The van der Waals surface area contributed by atoms with Crippen molar-refractivity contribution in [3.05, 3.63) is 108 Å². The molecule has 1 aromatic heterocycles. The summed E-state index contributed by atoms with van der Waals surface area (Å²) in [4.78, 5) is 39.3. The molecule has 2 N–H and O–H groups in total. The average molecular weight is 655 g/mol. The fourth-order valence-corrected chi connectivity index (χ4v) is 5.24. The second kappa shape index (κ2) is 15.2. The molecule has 2 heterocycles. The number of aromatic nitrogens is 1. The Hall–Kier alpha value is -5.16. The van der Waals surface area contributed by atoms with Crippen LogP contribution in [0.25, 0.3) is 5.57 Å². The molecular formula is C37H40F2N6O3. The molecule has 2 amide bonds. The summed E-state index contributed by atoms with van der Waals surface area (Å²) in [5, 5.41) is 5.33. The Morgan fingerprint density at radius 2 is 1.62 bits per heavy atom. The summed E-state index contributed by atoms with van der Waals surface area (Å²) < 4.78 is 34.8. The van der Waals surface area contributed by atoms with Gasteiger partial charge in [0.15, 0.2) is 11.6 Å². The number of nitrogens with zero attached hydrogens (tertiary/aromatic N) is 4. The molecule has 2 aliphatic rings. The molecule has 48 heavy (non-hydrogen) atoms. The molecule has 3 aromatic rings. The van der Waals surface area contributed by atoms with Gasteiger partial charge in [-0.25, -0.2) is 13.8 Å². The van der Waals surface area contributed by atoms with Crippen molar-refractivity contribution in [2.24, 2.45) is 10.4 Å². The molecule has 5 rings (SSSR count). The van der Waals surface area contributed by atoms with Gasteiger partial charge in [0.25, 0.3) is 0 Å². The maximum Gasteiger partial charge on any atom is 0.240 e. The van der Waals surface area contributed by atoms with Crippen LogP contribution in [-0.4, -0.2) is 68.2 Å². The van der Waals surface area contributed by atoms with E-state index in [1.165, 1.54) is 36.4 Å². The minimum absolute atomic E-state index is 0.0467. The number of nitrogens with one attached hydrogen (secondary N) is 2. The fourth-order valence-electron chi connectivity index (χ4n) is 5.24. The molecule has 0 atom stereocenters. The molecule has 1 saturated heterocycles. The van der Waals surface area contributed by atoms with Crippen molar-refractivity contribution >= 4 is 40.8 Å². The van der Waals surface area contributed by atoms with E-state index in [9.17, 15) is 14.0 Å². The highest BCUT2D eigenvalue weighted by atomic mass is 19.1. The van der Waals surface area contributed by atoms with E-state index in [4.69, 9.17) is 9.72 Å². The Labute approximate surface area is 279 Å². The summed E-state index contributed by atoms with van der Waals surface area (Å²) in [5.41, 5.74) is 1.71. The zero-order chi connectivity index (χ0) is 34.3. The molecule has 11 heteroatoms. The standard InChI is InChI=1S/C37H40F2N6O3/c1-5-26(27-6-13-34(41-24-27)45-20-18-44(4)19-21-45)22-33(25(2)14-17-40-3)48-32-12-11-30(23-31(32)39)43-36(47)37(15-16-37)35(46)42-29-9-7-28(38)8-10-29/h5-14,17,22-24H,15-16,18-21H2,1-4H3,(H,42,46)(H,43,47)/b25-14+,26-5+,33-22+,40-17-. The van der Waals surface area contributed by atoms with E-state index in [2.05, 4.69) is 32.5 Å². The molecule has 0 bridgehead atoms. The Morgan fingerprint density at radius 1 is 0.958 bits per heavy atom. The van der Waals surface area contributed by atoms with Crippen LogP contribution in [0.3, 0.4) is 0 Å². The molecule has 1 aliphatic heterocycles. The van der Waals surface area contributed by atoms with Gasteiger partial charge in [-0.2, -0.15) is 0 Å². The Balaban J connectivity index is 1.30. The Bertz CT molecular complexity index is 1750. The number of benzene rings is 2. The molecule has 1 saturated carbocycles. The van der Waals surface area contributed by atoms with E-state index in [1.807, 2.05) is 44.3 Å². The highest BCUT2D eigenvalue weighted by Gasteiger charge is 2.56. The SMILES string of the molecule is C\C=C(/C=C(Oc1ccc(NC(=O)C2(C(=O)Nc3ccc(F)cc3)CC2)cc1F)\C(C)=C\C=N/C)c1ccc(N2CCN(C)CC2)nc1. The van der Waals surface area contributed by atoms with Crippen molar-refractivity contribution < 1.29 is 23.1 Å². The number of hydrogen-bond donors (Lipinski definition) is 2. The quantitative estimate of drug-likeness (QED) is 0.106. The van der Waals surface area contributed by atoms with Gasteiger partial charge in [-0.15, -0.1) is 0 Å². The minimum atomic E-state index is -1.28. The van der Waals surface area contributed by atoms with Crippen LogP contribution < -0.4 is 20.3 Å².